The SMILES string of the molecule is C.CC(C)CCCCC1CCC2C3CC=C4CC(C)CCC4(C)C3CCC12C.CCCC. The summed E-state index contributed by atoms with van der Waals surface area (Å²) in [5.74, 6) is 5.88. The van der Waals surface area contributed by atoms with Crippen LogP contribution in [0.3, 0.4) is 0 Å². The fourth-order valence-electron chi connectivity index (χ4n) is 8.37. The normalized spacial score (nSPS) is 40.2. The lowest BCUT2D eigenvalue weighted by Crippen LogP contribution is -2.49. The highest BCUT2D eigenvalue weighted by Crippen LogP contribution is 2.67. The fourth-order valence-corrected chi connectivity index (χ4v) is 8.37. The van der Waals surface area contributed by atoms with Gasteiger partial charge in [-0.15, -0.1) is 0 Å². The molecule has 0 bridgehead atoms. The summed E-state index contributed by atoms with van der Waals surface area (Å²) in [5, 5.41) is 0. The lowest BCUT2D eigenvalue weighted by atomic mass is 9.47. The molecule has 7 atom stereocenters. The molecule has 0 heteroatoms. The van der Waals surface area contributed by atoms with E-state index in [1.165, 1.54) is 83.5 Å². The first-order chi connectivity index (χ1) is 14.8. The maximum absolute atomic E-state index is 2.75. The van der Waals surface area contributed by atoms with Crippen LogP contribution < -0.4 is 0 Å². The number of allylic oxidation sites excluding steroid dienone is 2. The third-order valence-electron chi connectivity index (χ3n) is 10.6. The van der Waals surface area contributed by atoms with Crippen LogP contribution in [0.25, 0.3) is 0 Å². The summed E-state index contributed by atoms with van der Waals surface area (Å²) in [4.78, 5) is 0. The van der Waals surface area contributed by atoms with E-state index in [2.05, 4.69) is 54.5 Å². The van der Waals surface area contributed by atoms with Crippen molar-refractivity contribution in [3.63, 3.8) is 0 Å². The zero-order chi connectivity index (χ0) is 22.6. The van der Waals surface area contributed by atoms with E-state index in [9.17, 15) is 0 Å². The maximum Gasteiger partial charge on any atom is -0.00851 e. The van der Waals surface area contributed by atoms with Crippen molar-refractivity contribution in [2.75, 3.05) is 0 Å². The van der Waals surface area contributed by atoms with E-state index >= 15 is 0 Å². The third-order valence-corrected chi connectivity index (χ3v) is 10.6. The summed E-state index contributed by atoms with van der Waals surface area (Å²) in [5.41, 5.74) is 3.10. The van der Waals surface area contributed by atoms with Gasteiger partial charge >= 0.3 is 0 Å². The number of hydrogen-bond acceptors (Lipinski definition) is 0. The summed E-state index contributed by atoms with van der Waals surface area (Å²) in [6.07, 6.45) is 23.2. The molecule has 4 rings (SSSR count). The number of rotatable bonds is 6. The lowest BCUT2D eigenvalue weighted by Gasteiger charge is -2.58. The van der Waals surface area contributed by atoms with Gasteiger partial charge in [0.2, 0.25) is 0 Å². The largest absolute Gasteiger partial charge is 0.0845 e. The van der Waals surface area contributed by atoms with Crippen LogP contribution in [-0.2, 0) is 0 Å². The highest BCUT2D eigenvalue weighted by atomic mass is 14.6. The molecule has 7 unspecified atom stereocenters. The quantitative estimate of drug-likeness (QED) is 0.282. The van der Waals surface area contributed by atoms with Crippen molar-refractivity contribution >= 4 is 0 Å². The lowest BCUT2D eigenvalue weighted by molar-refractivity contribution is -0.0450. The Morgan fingerprint density at radius 1 is 0.938 bits per heavy atom. The molecule has 4 aliphatic rings. The van der Waals surface area contributed by atoms with Crippen molar-refractivity contribution in [3.05, 3.63) is 11.6 Å². The van der Waals surface area contributed by atoms with Crippen molar-refractivity contribution in [1.29, 1.82) is 0 Å². The van der Waals surface area contributed by atoms with Crippen molar-refractivity contribution in [2.24, 2.45) is 46.3 Å². The van der Waals surface area contributed by atoms with E-state index in [0.29, 0.717) is 10.8 Å². The summed E-state index contributed by atoms with van der Waals surface area (Å²) in [7, 11) is 0. The van der Waals surface area contributed by atoms with E-state index < -0.39 is 0 Å². The molecule has 0 aromatic rings. The number of fused-ring (bicyclic) bond motifs is 5. The molecule has 0 radical (unpaired) electrons. The van der Waals surface area contributed by atoms with Crippen molar-refractivity contribution in [3.8, 4) is 0 Å². The smallest absolute Gasteiger partial charge is 0.00851 e. The molecule has 0 aromatic heterocycles. The summed E-state index contributed by atoms with van der Waals surface area (Å²) >= 11 is 0. The highest BCUT2D eigenvalue weighted by molar-refractivity contribution is 5.24. The molecular formula is C32H60. The van der Waals surface area contributed by atoms with E-state index in [0.717, 1.165) is 35.5 Å². The van der Waals surface area contributed by atoms with Gasteiger partial charge in [-0.3, -0.25) is 0 Å². The van der Waals surface area contributed by atoms with Gasteiger partial charge in [0.1, 0.15) is 0 Å². The minimum absolute atomic E-state index is 0. The zero-order valence-corrected chi connectivity index (χ0v) is 22.4. The first-order valence-electron chi connectivity index (χ1n) is 14.5. The predicted molar refractivity (Wildman–Crippen MR) is 145 cm³/mol. The van der Waals surface area contributed by atoms with Crippen molar-refractivity contribution in [1.82, 2.24) is 0 Å². The Labute approximate surface area is 203 Å². The van der Waals surface area contributed by atoms with Crippen molar-refractivity contribution in [2.45, 2.75) is 146 Å². The van der Waals surface area contributed by atoms with E-state index in [1.54, 1.807) is 6.42 Å². The molecule has 0 aliphatic heterocycles. The van der Waals surface area contributed by atoms with Crippen LogP contribution >= 0.6 is 0 Å². The predicted octanol–water partition coefficient (Wildman–Crippen LogP) is 10.9. The summed E-state index contributed by atoms with van der Waals surface area (Å²) in [6.45, 7) is 17.0. The Morgan fingerprint density at radius 2 is 1.66 bits per heavy atom. The van der Waals surface area contributed by atoms with E-state index in [4.69, 9.17) is 0 Å². The molecule has 3 saturated carbocycles. The van der Waals surface area contributed by atoms with Gasteiger partial charge in [-0.1, -0.05) is 99.6 Å². The Bertz CT molecular complexity index is 583. The minimum Gasteiger partial charge on any atom is -0.0845 e. The van der Waals surface area contributed by atoms with E-state index in [1.807, 2.05) is 5.57 Å². The molecule has 0 saturated heterocycles. The second kappa shape index (κ2) is 11.9. The molecule has 0 aromatic carbocycles. The molecule has 3 fully saturated rings. The molecule has 188 valence electrons. The highest BCUT2D eigenvalue weighted by Gasteiger charge is 2.58. The average molecular weight is 445 g/mol. The van der Waals surface area contributed by atoms with Gasteiger partial charge in [0.25, 0.3) is 0 Å². The van der Waals surface area contributed by atoms with Gasteiger partial charge in [-0.2, -0.15) is 0 Å². The van der Waals surface area contributed by atoms with Gasteiger partial charge in [-0.25, -0.2) is 0 Å². The third kappa shape index (κ3) is 5.68. The van der Waals surface area contributed by atoms with Gasteiger partial charge in [-0.05, 0) is 104 Å². The van der Waals surface area contributed by atoms with Crippen LogP contribution in [0.4, 0.5) is 0 Å². The Morgan fingerprint density at radius 3 is 2.31 bits per heavy atom. The van der Waals surface area contributed by atoms with Gasteiger partial charge in [0.15, 0.2) is 0 Å². The molecule has 32 heavy (non-hydrogen) atoms. The summed E-state index contributed by atoms with van der Waals surface area (Å²) < 4.78 is 0. The summed E-state index contributed by atoms with van der Waals surface area (Å²) in [6, 6.07) is 0. The number of hydrogen-bond donors (Lipinski definition) is 0. The fraction of sp³-hybridized carbons (Fsp3) is 0.938. The standard InChI is InChI=1S/C27H46.C4H10.CH4/c1-19(2)8-6-7-9-21-11-13-24-23-12-10-22-18-20(3)14-16-27(22,5)25(23)15-17-26(21,24)4;1-3-4-2;/h10,19-21,23-25H,6-9,11-18H2,1-5H3;3-4H2,1-2H3;1H4. The molecule has 0 heterocycles. The van der Waals surface area contributed by atoms with E-state index in [-0.39, 0.29) is 7.43 Å². The van der Waals surface area contributed by atoms with Crippen LogP contribution in [-0.4, -0.2) is 0 Å². The molecule has 0 amide bonds. The zero-order valence-electron chi connectivity index (χ0n) is 22.4. The van der Waals surface area contributed by atoms with Crippen LogP contribution in [0.15, 0.2) is 11.6 Å². The molecule has 4 aliphatic carbocycles. The van der Waals surface area contributed by atoms with Crippen LogP contribution in [0.2, 0.25) is 0 Å². The average Bonchev–Trinajstić information content (AvgIpc) is 3.08. The second-order valence-corrected chi connectivity index (χ2v) is 13.1. The topological polar surface area (TPSA) is 0 Å². The molecular weight excluding hydrogens is 384 g/mol. The van der Waals surface area contributed by atoms with Crippen molar-refractivity contribution < 1.29 is 0 Å². The maximum atomic E-state index is 2.75. The number of unbranched alkanes of at least 4 members (excludes halogenated alkanes) is 2. The molecule has 0 nitrogen and oxygen atoms in total. The van der Waals surface area contributed by atoms with Crippen LogP contribution in [0.1, 0.15) is 146 Å². The monoisotopic (exact) mass is 444 g/mol. The Kier molecular flexibility index (Phi) is 10.4. The van der Waals surface area contributed by atoms with Gasteiger partial charge in [0.05, 0.1) is 0 Å². The molecule has 0 spiro atoms. The van der Waals surface area contributed by atoms with Gasteiger partial charge < -0.3 is 0 Å². The second-order valence-electron chi connectivity index (χ2n) is 13.1. The van der Waals surface area contributed by atoms with Gasteiger partial charge in [0, 0.05) is 0 Å². The Hall–Kier alpha value is -0.260. The first-order valence-corrected chi connectivity index (χ1v) is 14.5. The molecule has 0 N–H and O–H groups in total. The minimum atomic E-state index is 0. The Balaban J connectivity index is 0.000000672. The van der Waals surface area contributed by atoms with Crippen LogP contribution in [0, 0.1) is 46.3 Å². The van der Waals surface area contributed by atoms with Crippen LogP contribution in [0.5, 0.6) is 0 Å². The first kappa shape index (κ1) is 28.0.